The van der Waals surface area contributed by atoms with Crippen LogP contribution in [0.2, 0.25) is 0 Å². The lowest BCUT2D eigenvalue weighted by Gasteiger charge is -2.36. The van der Waals surface area contributed by atoms with Gasteiger partial charge in [0.25, 0.3) is 0 Å². The van der Waals surface area contributed by atoms with E-state index in [2.05, 4.69) is 121 Å². The number of hydrogen-bond acceptors (Lipinski definition) is 0. The van der Waals surface area contributed by atoms with Crippen LogP contribution >= 0.6 is 0 Å². The first kappa shape index (κ1) is 26.3. The van der Waals surface area contributed by atoms with Gasteiger partial charge in [-0.3, -0.25) is 0 Å². The smallest absolute Gasteiger partial charge is 0.0131 e. The second-order valence-electron chi connectivity index (χ2n) is 13.8. The standard InChI is InChI=1S/C44H40/c1-3-11-33-25-35(23-19-29(33)9-1)31-17-21-32(22-18-31)41-27-43-40-16-8-6-14-38(40)42(28-44(43)39-15-7-5-13-37(39)41)36-24-20-30-10-2-4-12-34(30)26-36/h1-2,5-10,13-17,19-21,23-24,27-28,33-34,37,39H,3-4,11-12,18,22,25-26H2. The minimum absolute atomic E-state index is 0.376. The third-order valence-electron chi connectivity index (χ3n) is 11.4. The summed E-state index contributed by atoms with van der Waals surface area (Å²) in [7, 11) is 0. The Kier molecular flexibility index (Phi) is 6.43. The van der Waals surface area contributed by atoms with E-state index in [9.17, 15) is 0 Å². The monoisotopic (exact) mass is 568 g/mol. The summed E-state index contributed by atoms with van der Waals surface area (Å²) in [6.07, 6.45) is 45.6. The predicted octanol–water partition coefficient (Wildman–Crippen LogP) is 11.6. The average Bonchev–Trinajstić information content (AvgIpc) is 3.10. The van der Waals surface area contributed by atoms with Crippen LogP contribution in [0.3, 0.4) is 0 Å². The third-order valence-corrected chi connectivity index (χ3v) is 11.4. The molecule has 0 aromatic heterocycles. The van der Waals surface area contributed by atoms with Crippen molar-refractivity contribution in [1.29, 1.82) is 0 Å². The van der Waals surface area contributed by atoms with Crippen LogP contribution in [0.5, 0.6) is 0 Å². The Hall–Kier alpha value is -4.16. The predicted molar refractivity (Wildman–Crippen MR) is 187 cm³/mol. The fourth-order valence-corrected chi connectivity index (χ4v) is 8.99. The molecule has 4 unspecified atom stereocenters. The van der Waals surface area contributed by atoms with Crippen molar-refractivity contribution in [3.8, 4) is 0 Å². The lowest BCUT2D eigenvalue weighted by Crippen LogP contribution is -2.21. The molecule has 0 heteroatoms. The van der Waals surface area contributed by atoms with Crippen molar-refractivity contribution in [2.24, 2.45) is 17.8 Å². The van der Waals surface area contributed by atoms with Crippen molar-refractivity contribution < 1.29 is 0 Å². The molecular weight excluding hydrogens is 528 g/mol. The molecule has 7 aliphatic carbocycles. The molecule has 0 heterocycles. The van der Waals surface area contributed by atoms with E-state index >= 15 is 0 Å². The first-order chi connectivity index (χ1) is 21.8. The Morgan fingerprint density at radius 1 is 0.591 bits per heavy atom. The van der Waals surface area contributed by atoms with Crippen LogP contribution in [0.4, 0.5) is 0 Å². The van der Waals surface area contributed by atoms with Gasteiger partial charge in [-0.15, -0.1) is 0 Å². The number of hydrogen-bond donors (Lipinski definition) is 0. The molecule has 0 radical (unpaired) electrons. The van der Waals surface area contributed by atoms with Gasteiger partial charge in [-0.25, -0.2) is 0 Å². The van der Waals surface area contributed by atoms with Crippen LogP contribution in [0.15, 0.2) is 149 Å². The lowest BCUT2D eigenvalue weighted by molar-refractivity contribution is 0.551. The maximum absolute atomic E-state index is 2.57. The quantitative estimate of drug-likeness (QED) is 0.345. The van der Waals surface area contributed by atoms with Crippen LogP contribution < -0.4 is 0 Å². The maximum Gasteiger partial charge on any atom is 0.0131 e. The summed E-state index contributed by atoms with van der Waals surface area (Å²) < 4.78 is 0. The van der Waals surface area contributed by atoms with Gasteiger partial charge in [-0.05, 0) is 142 Å². The summed E-state index contributed by atoms with van der Waals surface area (Å²) >= 11 is 0. The van der Waals surface area contributed by atoms with Crippen molar-refractivity contribution >= 4 is 22.4 Å². The molecule has 0 fully saturated rings. The highest BCUT2D eigenvalue weighted by molar-refractivity contribution is 6.01. The van der Waals surface area contributed by atoms with Gasteiger partial charge >= 0.3 is 0 Å². The molecule has 0 amide bonds. The second kappa shape index (κ2) is 10.8. The third kappa shape index (κ3) is 4.42. The van der Waals surface area contributed by atoms with E-state index < -0.39 is 0 Å². The van der Waals surface area contributed by atoms with E-state index in [1.807, 2.05) is 0 Å². The van der Waals surface area contributed by atoms with E-state index in [0.717, 1.165) is 19.3 Å². The van der Waals surface area contributed by atoms with Gasteiger partial charge in [0, 0.05) is 11.8 Å². The highest BCUT2D eigenvalue weighted by atomic mass is 14.4. The Bertz CT molecular complexity index is 1910. The molecular formula is C44H40. The normalized spacial score (nSPS) is 28.3. The van der Waals surface area contributed by atoms with Gasteiger partial charge < -0.3 is 0 Å². The van der Waals surface area contributed by atoms with Crippen LogP contribution in [-0.4, -0.2) is 0 Å². The minimum Gasteiger partial charge on any atom is -0.0842 e. The Balaban J connectivity index is 1.12. The van der Waals surface area contributed by atoms with E-state index in [4.69, 9.17) is 0 Å². The zero-order chi connectivity index (χ0) is 29.0. The molecule has 7 aliphatic rings. The highest BCUT2D eigenvalue weighted by Crippen LogP contribution is 2.50. The van der Waals surface area contributed by atoms with E-state index in [-0.39, 0.29) is 0 Å². The van der Waals surface area contributed by atoms with Gasteiger partial charge in [0.1, 0.15) is 0 Å². The van der Waals surface area contributed by atoms with E-state index in [0.29, 0.717) is 23.7 Å². The molecule has 216 valence electrons. The van der Waals surface area contributed by atoms with Crippen molar-refractivity contribution in [3.05, 3.63) is 166 Å². The Labute approximate surface area is 262 Å². The summed E-state index contributed by atoms with van der Waals surface area (Å²) in [5.74, 6) is 2.14. The molecule has 0 saturated heterocycles. The minimum atomic E-state index is 0.376. The molecule has 0 aliphatic heterocycles. The molecule has 2 aromatic carbocycles. The maximum atomic E-state index is 2.57. The average molecular weight is 569 g/mol. The van der Waals surface area contributed by atoms with Crippen LogP contribution in [0, 0.1) is 17.8 Å². The number of allylic oxidation sites excluding steroid dienone is 21. The van der Waals surface area contributed by atoms with E-state index in [1.165, 1.54) is 87.4 Å². The lowest BCUT2D eigenvalue weighted by atomic mass is 9.68. The fourth-order valence-electron chi connectivity index (χ4n) is 8.99. The summed E-state index contributed by atoms with van der Waals surface area (Å²) in [5, 5.41) is 2.81. The molecule has 0 N–H and O–H groups in total. The van der Waals surface area contributed by atoms with Gasteiger partial charge in [0.05, 0.1) is 0 Å². The van der Waals surface area contributed by atoms with Gasteiger partial charge in [0.2, 0.25) is 0 Å². The van der Waals surface area contributed by atoms with Crippen molar-refractivity contribution in [3.63, 3.8) is 0 Å². The van der Waals surface area contributed by atoms with Crippen LogP contribution in [0.25, 0.3) is 22.4 Å². The second-order valence-corrected chi connectivity index (χ2v) is 13.8. The van der Waals surface area contributed by atoms with E-state index in [1.54, 1.807) is 11.1 Å². The molecule has 0 bridgehead atoms. The van der Waals surface area contributed by atoms with Crippen LogP contribution in [-0.2, 0) is 0 Å². The largest absolute Gasteiger partial charge is 0.0842 e. The first-order valence-electron chi connectivity index (χ1n) is 17.0. The van der Waals surface area contributed by atoms with Gasteiger partial charge in [-0.2, -0.15) is 0 Å². The summed E-state index contributed by atoms with van der Waals surface area (Å²) in [6.45, 7) is 0. The molecule has 2 aromatic rings. The highest BCUT2D eigenvalue weighted by Gasteiger charge is 2.34. The summed E-state index contributed by atoms with van der Waals surface area (Å²) in [5.41, 5.74) is 15.1. The molecule has 0 saturated carbocycles. The zero-order valence-corrected chi connectivity index (χ0v) is 25.5. The molecule has 0 spiro atoms. The summed E-state index contributed by atoms with van der Waals surface area (Å²) in [6, 6.07) is 11.8. The van der Waals surface area contributed by atoms with Crippen molar-refractivity contribution in [1.82, 2.24) is 0 Å². The molecule has 44 heavy (non-hydrogen) atoms. The summed E-state index contributed by atoms with van der Waals surface area (Å²) in [4.78, 5) is 0. The van der Waals surface area contributed by atoms with Gasteiger partial charge in [0.15, 0.2) is 0 Å². The van der Waals surface area contributed by atoms with Crippen molar-refractivity contribution in [2.75, 3.05) is 0 Å². The number of rotatable bonds is 3. The molecule has 4 atom stereocenters. The SMILES string of the molecule is C1=CC2C(C3=CC=C(C4=CC=C5C=CCCC5C4)CC3)=Cc3c(cc(C4=CC=C5C=CCCC5C4)c4ccccc34)C2C=C1. The number of fused-ring (bicyclic) bond motifs is 7. The Morgan fingerprint density at radius 3 is 1.98 bits per heavy atom. The molecule has 0 nitrogen and oxygen atoms in total. The fraction of sp³-hybridized carbons (Fsp3) is 0.273. The molecule has 9 rings (SSSR count). The Morgan fingerprint density at radius 2 is 1.23 bits per heavy atom. The zero-order valence-electron chi connectivity index (χ0n) is 25.5. The van der Waals surface area contributed by atoms with Crippen LogP contribution in [0.1, 0.15) is 74.0 Å². The first-order valence-corrected chi connectivity index (χ1v) is 17.0. The van der Waals surface area contributed by atoms with Crippen molar-refractivity contribution in [2.45, 2.75) is 57.3 Å². The van der Waals surface area contributed by atoms with Gasteiger partial charge in [-0.1, -0.05) is 109 Å². The number of benzene rings is 2. The topological polar surface area (TPSA) is 0 Å².